The van der Waals surface area contributed by atoms with Crippen LogP contribution in [-0.2, 0) is 15.1 Å². The second-order valence-electron chi connectivity index (χ2n) is 4.83. The molecular weight excluding hydrogens is 325 g/mol. The Morgan fingerprint density at radius 1 is 1.14 bits per heavy atom. The number of rotatable bonds is 7. The number of carbonyl (C=O) groups excluding carboxylic acids is 2. The summed E-state index contributed by atoms with van der Waals surface area (Å²) in [7, 11) is 0. The number of benzene rings is 1. The molecule has 0 saturated heterocycles. The van der Waals surface area contributed by atoms with Crippen LogP contribution < -0.4 is 16.4 Å². The van der Waals surface area contributed by atoms with Crippen LogP contribution in [-0.4, -0.2) is 24.9 Å². The third-order valence-electron chi connectivity index (χ3n) is 3.61. The Bertz CT molecular complexity index is 488. The van der Waals surface area contributed by atoms with Crippen molar-refractivity contribution in [2.24, 2.45) is 5.73 Å². The zero-order valence-electron chi connectivity index (χ0n) is 12.8. The summed E-state index contributed by atoms with van der Waals surface area (Å²) >= 11 is 5.91. The summed E-state index contributed by atoms with van der Waals surface area (Å²) < 4.78 is 0. The molecule has 0 unspecified atom stereocenters. The van der Waals surface area contributed by atoms with Crippen molar-refractivity contribution in [2.45, 2.75) is 32.2 Å². The quantitative estimate of drug-likeness (QED) is 0.704. The first-order valence-corrected chi connectivity index (χ1v) is 7.39. The molecule has 0 atom stereocenters. The van der Waals surface area contributed by atoms with E-state index >= 15 is 0 Å². The second kappa shape index (κ2) is 9.66. The highest BCUT2D eigenvalue weighted by atomic mass is 35.5. The number of amides is 2. The van der Waals surface area contributed by atoms with Gasteiger partial charge in [-0.3, -0.25) is 9.59 Å². The van der Waals surface area contributed by atoms with Crippen molar-refractivity contribution >= 4 is 35.8 Å². The first kappa shape index (κ1) is 20.7. The monoisotopic (exact) mass is 347 g/mol. The lowest BCUT2D eigenvalue weighted by atomic mass is 9.84. The van der Waals surface area contributed by atoms with E-state index < -0.39 is 5.54 Å². The van der Waals surface area contributed by atoms with Crippen LogP contribution in [0.25, 0.3) is 0 Å². The average molecular weight is 348 g/mol. The molecule has 0 heterocycles. The highest BCUT2D eigenvalue weighted by Crippen LogP contribution is 2.29. The van der Waals surface area contributed by atoms with Crippen LogP contribution in [0.15, 0.2) is 24.3 Å². The molecule has 0 spiro atoms. The molecular formula is C15H23Cl2N3O2. The minimum atomic E-state index is -0.463. The average Bonchev–Trinajstić information content (AvgIpc) is 2.51. The van der Waals surface area contributed by atoms with Crippen LogP contribution in [0.1, 0.15) is 32.3 Å². The molecule has 0 aliphatic heterocycles. The molecule has 22 heavy (non-hydrogen) atoms. The van der Waals surface area contributed by atoms with Gasteiger partial charge in [0.2, 0.25) is 11.8 Å². The van der Waals surface area contributed by atoms with Crippen LogP contribution in [0.4, 0.5) is 0 Å². The minimum absolute atomic E-state index is 0. The van der Waals surface area contributed by atoms with Gasteiger partial charge in [0.05, 0.1) is 18.6 Å². The molecule has 1 aromatic carbocycles. The molecule has 0 aliphatic carbocycles. The number of hydrogen-bond donors (Lipinski definition) is 3. The summed E-state index contributed by atoms with van der Waals surface area (Å²) in [6.07, 6.45) is 1.48. The Kier molecular flexibility index (Phi) is 9.09. The zero-order chi connectivity index (χ0) is 15.9. The molecule has 124 valence electrons. The zero-order valence-corrected chi connectivity index (χ0v) is 14.4. The van der Waals surface area contributed by atoms with Crippen molar-refractivity contribution in [2.75, 3.05) is 13.1 Å². The lowest BCUT2D eigenvalue weighted by Crippen LogP contribution is -2.49. The summed E-state index contributed by atoms with van der Waals surface area (Å²) in [5, 5.41) is 6.13. The highest BCUT2D eigenvalue weighted by molar-refractivity contribution is 6.30. The van der Waals surface area contributed by atoms with E-state index in [9.17, 15) is 9.59 Å². The molecule has 2 amide bonds. The van der Waals surface area contributed by atoms with E-state index in [0.29, 0.717) is 5.02 Å². The number of nitrogens with two attached hydrogens (primary N) is 1. The Morgan fingerprint density at radius 3 is 2.14 bits per heavy atom. The number of carbonyl (C=O) groups is 2. The van der Waals surface area contributed by atoms with Crippen LogP contribution in [0, 0.1) is 0 Å². The Balaban J connectivity index is 0.00000441. The molecule has 0 aliphatic rings. The fourth-order valence-corrected chi connectivity index (χ4v) is 2.36. The molecule has 4 N–H and O–H groups in total. The fraction of sp³-hybridized carbons (Fsp3) is 0.467. The van der Waals surface area contributed by atoms with Gasteiger partial charge in [-0.25, -0.2) is 0 Å². The van der Waals surface area contributed by atoms with E-state index in [1.54, 1.807) is 12.1 Å². The van der Waals surface area contributed by atoms with E-state index in [-0.39, 0.29) is 37.3 Å². The molecule has 0 radical (unpaired) electrons. The van der Waals surface area contributed by atoms with Gasteiger partial charge in [-0.05, 0) is 30.5 Å². The standard InChI is InChI=1S/C15H22ClN3O2.ClH/c1-3-15(4-2,11-5-7-12(16)8-6-11)19-14(21)10-18-13(20)9-17;/h5-8H,3-4,9-10,17H2,1-2H3,(H,18,20)(H,19,21);1H. The predicted octanol–water partition coefficient (Wildman–Crippen LogP) is 1.97. The topological polar surface area (TPSA) is 84.2 Å². The third kappa shape index (κ3) is 5.48. The lowest BCUT2D eigenvalue weighted by Gasteiger charge is -2.33. The van der Waals surface area contributed by atoms with Gasteiger partial charge in [-0.1, -0.05) is 37.6 Å². The SMILES string of the molecule is CCC(CC)(NC(=O)CNC(=O)CN)c1ccc(Cl)cc1.Cl. The van der Waals surface area contributed by atoms with E-state index in [1.165, 1.54) is 0 Å². The fourth-order valence-electron chi connectivity index (χ4n) is 2.24. The van der Waals surface area contributed by atoms with Gasteiger partial charge >= 0.3 is 0 Å². The van der Waals surface area contributed by atoms with Crippen LogP contribution >= 0.6 is 24.0 Å². The number of nitrogens with one attached hydrogen (secondary N) is 2. The third-order valence-corrected chi connectivity index (χ3v) is 3.87. The summed E-state index contributed by atoms with van der Waals surface area (Å²) in [4.78, 5) is 23.1. The van der Waals surface area contributed by atoms with Crippen LogP contribution in [0.2, 0.25) is 5.02 Å². The smallest absolute Gasteiger partial charge is 0.240 e. The number of hydrogen-bond acceptors (Lipinski definition) is 3. The van der Waals surface area contributed by atoms with Crippen molar-refractivity contribution in [1.82, 2.24) is 10.6 Å². The molecule has 7 heteroatoms. The lowest BCUT2D eigenvalue weighted by molar-refractivity contribution is -0.126. The maximum Gasteiger partial charge on any atom is 0.240 e. The van der Waals surface area contributed by atoms with Crippen molar-refractivity contribution in [1.29, 1.82) is 0 Å². The largest absolute Gasteiger partial charge is 0.346 e. The molecule has 0 aromatic heterocycles. The van der Waals surface area contributed by atoms with Gasteiger partial charge in [0.1, 0.15) is 0 Å². The predicted molar refractivity (Wildman–Crippen MR) is 91.2 cm³/mol. The maximum atomic E-state index is 12.0. The highest BCUT2D eigenvalue weighted by Gasteiger charge is 2.30. The van der Waals surface area contributed by atoms with Gasteiger partial charge in [-0.15, -0.1) is 12.4 Å². The van der Waals surface area contributed by atoms with E-state index in [4.69, 9.17) is 17.3 Å². The summed E-state index contributed by atoms with van der Waals surface area (Å²) in [6.45, 7) is 3.82. The van der Waals surface area contributed by atoms with Gasteiger partial charge in [0.15, 0.2) is 0 Å². The van der Waals surface area contributed by atoms with Crippen molar-refractivity contribution in [3.8, 4) is 0 Å². The number of halogens is 2. The first-order valence-electron chi connectivity index (χ1n) is 7.01. The summed E-state index contributed by atoms with van der Waals surface area (Å²) in [5.74, 6) is -0.592. The van der Waals surface area contributed by atoms with Crippen LogP contribution in [0.3, 0.4) is 0 Å². The summed E-state index contributed by atoms with van der Waals surface area (Å²) in [6, 6.07) is 7.43. The van der Waals surface area contributed by atoms with E-state index in [1.807, 2.05) is 26.0 Å². The van der Waals surface area contributed by atoms with Crippen molar-refractivity contribution in [3.63, 3.8) is 0 Å². The molecule has 0 saturated carbocycles. The summed E-state index contributed by atoms with van der Waals surface area (Å²) in [5.41, 5.74) is 5.72. The second-order valence-corrected chi connectivity index (χ2v) is 5.26. The molecule has 0 fully saturated rings. The van der Waals surface area contributed by atoms with E-state index in [0.717, 1.165) is 18.4 Å². The Morgan fingerprint density at radius 2 is 1.68 bits per heavy atom. The van der Waals surface area contributed by atoms with Crippen molar-refractivity contribution in [3.05, 3.63) is 34.9 Å². The van der Waals surface area contributed by atoms with E-state index in [2.05, 4.69) is 10.6 Å². The Hall–Kier alpha value is -1.30. The van der Waals surface area contributed by atoms with Crippen molar-refractivity contribution < 1.29 is 9.59 Å². The molecule has 1 rings (SSSR count). The van der Waals surface area contributed by atoms with Gasteiger partial charge < -0.3 is 16.4 Å². The van der Waals surface area contributed by atoms with Gasteiger partial charge in [0, 0.05) is 5.02 Å². The minimum Gasteiger partial charge on any atom is -0.346 e. The first-order chi connectivity index (χ1) is 9.97. The molecule has 1 aromatic rings. The molecule has 5 nitrogen and oxygen atoms in total. The van der Waals surface area contributed by atoms with Gasteiger partial charge in [0.25, 0.3) is 0 Å². The Labute approximate surface area is 142 Å². The van der Waals surface area contributed by atoms with Crippen LogP contribution in [0.5, 0.6) is 0 Å². The maximum absolute atomic E-state index is 12.0. The normalized spacial score (nSPS) is 10.5. The molecule has 0 bridgehead atoms. The van der Waals surface area contributed by atoms with Gasteiger partial charge in [-0.2, -0.15) is 0 Å².